The highest BCUT2D eigenvalue weighted by molar-refractivity contribution is 7.89. The Labute approximate surface area is 183 Å². The van der Waals surface area contributed by atoms with Gasteiger partial charge in [0.25, 0.3) is 0 Å². The predicted molar refractivity (Wildman–Crippen MR) is 112 cm³/mol. The number of rotatable bonds is 7. The Hall–Kier alpha value is -2.29. The topological polar surface area (TPSA) is 42.3 Å². The molecular formula is C22H20ClF3N2O2S. The van der Waals surface area contributed by atoms with E-state index in [1.165, 1.54) is 10.4 Å². The highest BCUT2D eigenvalue weighted by Crippen LogP contribution is 2.36. The molecule has 4 nitrogen and oxygen atoms in total. The van der Waals surface area contributed by atoms with Crippen molar-refractivity contribution >= 4 is 21.6 Å². The summed E-state index contributed by atoms with van der Waals surface area (Å²) in [5, 5.41) is 0.609. The molecule has 3 aromatic rings. The monoisotopic (exact) mass is 468 g/mol. The zero-order valence-corrected chi connectivity index (χ0v) is 18.0. The van der Waals surface area contributed by atoms with E-state index in [1.54, 1.807) is 6.07 Å². The summed E-state index contributed by atoms with van der Waals surface area (Å²) >= 11 is 6.25. The smallest absolute Gasteiger partial charge is 0.346 e. The molecule has 0 unspecified atom stereocenters. The van der Waals surface area contributed by atoms with Crippen molar-refractivity contribution in [2.75, 3.05) is 0 Å². The number of benzene rings is 2. The Kier molecular flexibility index (Phi) is 5.89. The van der Waals surface area contributed by atoms with E-state index in [1.807, 2.05) is 41.1 Å². The van der Waals surface area contributed by atoms with Crippen molar-refractivity contribution in [1.82, 2.24) is 8.87 Å². The number of hydrogen-bond acceptors (Lipinski definition) is 2. The van der Waals surface area contributed by atoms with E-state index in [4.69, 9.17) is 11.6 Å². The van der Waals surface area contributed by atoms with Crippen molar-refractivity contribution in [2.45, 2.75) is 43.0 Å². The Morgan fingerprint density at radius 3 is 2.45 bits per heavy atom. The third-order valence-corrected chi connectivity index (χ3v) is 7.53. The first-order chi connectivity index (χ1) is 14.7. The lowest BCUT2D eigenvalue weighted by Gasteiger charge is -2.23. The van der Waals surface area contributed by atoms with Gasteiger partial charge in [-0.1, -0.05) is 35.9 Å². The van der Waals surface area contributed by atoms with Crippen molar-refractivity contribution < 1.29 is 21.6 Å². The molecule has 0 spiro atoms. The zero-order chi connectivity index (χ0) is 22.2. The fraction of sp³-hybridized carbons (Fsp3) is 0.273. The summed E-state index contributed by atoms with van der Waals surface area (Å²) in [4.78, 5) is -0.349. The Balaban J connectivity index is 1.63. The molecule has 31 heavy (non-hydrogen) atoms. The lowest BCUT2D eigenvalue weighted by Crippen LogP contribution is -2.33. The van der Waals surface area contributed by atoms with Crippen LogP contribution in [0.15, 0.2) is 71.8 Å². The van der Waals surface area contributed by atoms with Gasteiger partial charge in [0.1, 0.15) is 0 Å². The van der Waals surface area contributed by atoms with Crippen molar-refractivity contribution in [3.8, 4) is 0 Å². The zero-order valence-electron chi connectivity index (χ0n) is 16.4. The summed E-state index contributed by atoms with van der Waals surface area (Å²) in [5.41, 5.74) is 0.647. The van der Waals surface area contributed by atoms with Crippen LogP contribution >= 0.6 is 11.6 Å². The van der Waals surface area contributed by atoms with Crippen molar-refractivity contribution in [1.29, 1.82) is 0 Å². The molecule has 0 amide bonds. The molecule has 1 aliphatic carbocycles. The van der Waals surface area contributed by atoms with Gasteiger partial charge in [0.05, 0.1) is 17.0 Å². The van der Waals surface area contributed by atoms with E-state index < -0.39 is 21.8 Å². The Morgan fingerprint density at radius 1 is 1.03 bits per heavy atom. The molecule has 1 fully saturated rings. The molecule has 1 aliphatic rings. The van der Waals surface area contributed by atoms with E-state index in [-0.39, 0.29) is 17.5 Å². The number of hydrogen-bond donors (Lipinski definition) is 0. The molecule has 1 saturated carbocycles. The van der Waals surface area contributed by atoms with Crippen LogP contribution in [0.4, 0.5) is 13.2 Å². The number of aromatic nitrogens is 1. The third kappa shape index (κ3) is 4.81. The first kappa shape index (κ1) is 21.9. The van der Waals surface area contributed by atoms with Gasteiger partial charge in [0.15, 0.2) is 0 Å². The minimum absolute atomic E-state index is 0.0701. The summed E-state index contributed by atoms with van der Waals surface area (Å²) in [5.74, 6) is 0. The van der Waals surface area contributed by atoms with E-state index in [2.05, 4.69) is 0 Å². The average Bonchev–Trinajstić information content (AvgIpc) is 3.47. The van der Waals surface area contributed by atoms with Crippen LogP contribution in [0.1, 0.15) is 29.7 Å². The Morgan fingerprint density at radius 2 is 1.77 bits per heavy atom. The second-order valence-electron chi connectivity index (χ2n) is 7.53. The first-order valence-corrected chi connectivity index (χ1v) is 11.5. The number of sulfonamides is 1. The van der Waals surface area contributed by atoms with Crippen LogP contribution in [0.5, 0.6) is 0 Å². The molecule has 1 heterocycles. The Bertz CT molecular complexity index is 1190. The molecule has 0 radical (unpaired) electrons. The minimum Gasteiger partial charge on any atom is -0.346 e. The number of nitrogens with zero attached hydrogens (tertiary/aromatic N) is 2. The third-order valence-electron chi connectivity index (χ3n) is 5.26. The van der Waals surface area contributed by atoms with Gasteiger partial charge in [0, 0.05) is 29.5 Å². The van der Waals surface area contributed by atoms with Crippen molar-refractivity contribution in [2.24, 2.45) is 0 Å². The van der Waals surface area contributed by atoms with Gasteiger partial charge in [-0.05, 0) is 54.8 Å². The van der Waals surface area contributed by atoms with Crippen LogP contribution in [0, 0.1) is 0 Å². The standard InChI is InChI=1S/C22H20ClF3N2O2S/c23-21-9-2-1-5-16(21)14-27-12-4-7-19(27)15-28(18-10-11-18)31(29,30)20-8-3-6-17(13-20)22(24,25)26/h1-9,12-13,18H,10-11,14-15H2. The van der Waals surface area contributed by atoms with Crippen LogP contribution < -0.4 is 0 Å². The molecule has 0 N–H and O–H groups in total. The van der Waals surface area contributed by atoms with Crippen LogP contribution in [0.3, 0.4) is 0 Å². The van der Waals surface area contributed by atoms with Gasteiger partial charge >= 0.3 is 6.18 Å². The summed E-state index contributed by atoms with van der Waals surface area (Å²) in [6.45, 7) is 0.533. The lowest BCUT2D eigenvalue weighted by atomic mass is 10.2. The molecule has 1 aromatic heterocycles. The summed E-state index contributed by atoms with van der Waals surface area (Å²) in [6, 6.07) is 14.7. The molecule has 0 atom stereocenters. The SMILES string of the molecule is O=S(=O)(c1cccc(C(F)(F)F)c1)N(Cc1cccn1Cc1ccccc1Cl)C1CC1. The van der Waals surface area contributed by atoms with Gasteiger partial charge in [-0.25, -0.2) is 8.42 Å². The fourth-order valence-corrected chi connectivity index (χ4v) is 5.36. The summed E-state index contributed by atoms with van der Waals surface area (Å²) in [7, 11) is -4.10. The van der Waals surface area contributed by atoms with Crippen LogP contribution in [-0.4, -0.2) is 23.3 Å². The van der Waals surface area contributed by atoms with Gasteiger partial charge in [0.2, 0.25) is 10.0 Å². The molecule has 2 aromatic carbocycles. The maximum Gasteiger partial charge on any atom is 0.416 e. The van der Waals surface area contributed by atoms with Gasteiger partial charge in [-0.3, -0.25) is 0 Å². The van der Waals surface area contributed by atoms with Crippen molar-refractivity contribution in [3.63, 3.8) is 0 Å². The molecule has 164 valence electrons. The normalized spacial score (nSPS) is 14.9. The van der Waals surface area contributed by atoms with E-state index >= 15 is 0 Å². The van der Waals surface area contributed by atoms with E-state index in [9.17, 15) is 21.6 Å². The predicted octanol–water partition coefficient (Wildman–Crippen LogP) is 5.56. The highest BCUT2D eigenvalue weighted by Gasteiger charge is 2.39. The highest BCUT2D eigenvalue weighted by atomic mass is 35.5. The lowest BCUT2D eigenvalue weighted by molar-refractivity contribution is -0.137. The molecule has 9 heteroatoms. The second kappa shape index (κ2) is 8.33. The van der Waals surface area contributed by atoms with E-state index in [0.29, 0.717) is 30.5 Å². The first-order valence-electron chi connectivity index (χ1n) is 9.73. The molecule has 4 rings (SSSR count). The largest absolute Gasteiger partial charge is 0.416 e. The summed E-state index contributed by atoms with van der Waals surface area (Å²) < 4.78 is 69.1. The van der Waals surface area contributed by atoms with Gasteiger partial charge in [-0.15, -0.1) is 0 Å². The minimum atomic E-state index is -4.61. The van der Waals surface area contributed by atoms with Gasteiger partial charge < -0.3 is 4.57 Å². The van der Waals surface area contributed by atoms with E-state index in [0.717, 1.165) is 23.4 Å². The quantitative estimate of drug-likeness (QED) is 0.455. The van der Waals surface area contributed by atoms with Crippen LogP contribution in [0.25, 0.3) is 0 Å². The molecule has 0 saturated heterocycles. The van der Waals surface area contributed by atoms with Crippen LogP contribution in [0.2, 0.25) is 5.02 Å². The van der Waals surface area contributed by atoms with Gasteiger partial charge in [-0.2, -0.15) is 17.5 Å². The maximum absolute atomic E-state index is 13.3. The maximum atomic E-state index is 13.3. The number of alkyl halides is 3. The molecule has 0 aliphatic heterocycles. The van der Waals surface area contributed by atoms with Crippen molar-refractivity contribution in [3.05, 3.63) is 88.7 Å². The summed E-state index contributed by atoms with van der Waals surface area (Å²) in [6.07, 6.45) is -1.41. The van der Waals surface area contributed by atoms with Crippen LogP contribution in [-0.2, 0) is 29.3 Å². The second-order valence-corrected chi connectivity index (χ2v) is 9.82. The average molecular weight is 469 g/mol. The number of halogens is 4. The fourth-order valence-electron chi connectivity index (χ4n) is 3.46. The molecule has 0 bridgehead atoms. The molecular weight excluding hydrogens is 449 g/mol.